The van der Waals surface area contributed by atoms with E-state index in [1.165, 1.54) is 0 Å². The van der Waals surface area contributed by atoms with Crippen LogP contribution in [-0.2, 0) is 4.57 Å². The molecule has 0 spiro atoms. The summed E-state index contributed by atoms with van der Waals surface area (Å²) in [4.78, 5) is 0. The van der Waals surface area contributed by atoms with Crippen LogP contribution in [0.4, 0.5) is 0 Å². The summed E-state index contributed by atoms with van der Waals surface area (Å²) in [7, 11) is -1.63. The smallest absolute Gasteiger partial charge is 0.423 e. The van der Waals surface area contributed by atoms with Crippen LogP contribution in [0.15, 0.2) is 45.3 Å². The molecule has 5 heteroatoms. The number of rotatable bonds is 0. The van der Waals surface area contributed by atoms with Crippen LogP contribution < -0.4 is 0 Å². The molecule has 0 aliphatic rings. The highest BCUT2D eigenvalue weighted by molar-refractivity contribution is 9.10. The zero-order chi connectivity index (χ0) is 12.0. The van der Waals surface area contributed by atoms with Crippen molar-refractivity contribution in [2.45, 2.75) is 0 Å². The van der Waals surface area contributed by atoms with E-state index >= 15 is 0 Å². The lowest BCUT2D eigenvalue weighted by Crippen LogP contribution is -1.74. The van der Waals surface area contributed by atoms with Gasteiger partial charge in [0.15, 0.2) is 11.2 Å². The predicted molar refractivity (Wildman–Crippen MR) is 74.0 cm³/mol. The Bertz CT molecular complexity index is 797. The predicted octanol–water partition coefficient (Wildman–Crippen LogP) is 5.74. The Morgan fingerprint density at radius 1 is 1.06 bits per heavy atom. The second-order valence-corrected chi connectivity index (χ2v) is 6.53. The number of hydrogen-bond donors (Lipinski definition) is 0. The first-order valence-electron chi connectivity index (χ1n) is 4.89. The minimum absolute atomic E-state index is 0.566. The maximum atomic E-state index is 12.4. The van der Waals surface area contributed by atoms with E-state index in [1.807, 2.05) is 18.2 Å². The van der Waals surface area contributed by atoms with Gasteiger partial charge in [0.05, 0.1) is 0 Å². The number of fused-ring (bicyclic) bond motifs is 2. The van der Waals surface area contributed by atoms with Crippen LogP contribution in [0.3, 0.4) is 0 Å². The molecular weight excluding hydrogens is 322 g/mol. The number of halogens is 2. The molecule has 0 fully saturated rings. The Morgan fingerprint density at radius 3 is 2.71 bits per heavy atom. The fourth-order valence-electron chi connectivity index (χ4n) is 1.72. The van der Waals surface area contributed by atoms with E-state index in [1.54, 1.807) is 18.2 Å². The van der Waals surface area contributed by atoms with E-state index in [0.717, 1.165) is 4.47 Å². The quantitative estimate of drug-likeness (QED) is 0.492. The van der Waals surface area contributed by atoms with Crippen LogP contribution >= 0.6 is 34.9 Å². The molecule has 0 aliphatic carbocycles. The fourth-order valence-corrected chi connectivity index (χ4v) is 3.67. The summed E-state index contributed by atoms with van der Waals surface area (Å²) in [6.07, 6.45) is 0. The molecule has 2 nitrogen and oxygen atoms in total. The molecule has 0 saturated carbocycles. The Labute approximate surface area is 111 Å². The molecule has 17 heavy (non-hydrogen) atoms. The van der Waals surface area contributed by atoms with Gasteiger partial charge >= 0.3 is 7.41 Å². The van der Waals surface area contributed by atoms with Gasteiger partial charge in [-0.25, -0.2) is 0 Å². The van der Waals surface area contributed by atoms with Crippen molar-refractivity contribution < 1.29 is 8.98 Å². The van der Waals surface area contributed by atoms with Crippen LogP contribution in [0.5, 0.6) is 0 Å². The highest BCUT2D eigenvalue weighted by atomic mass is 79.9. The van der Waals surface area contributed by atoms with Crippen LogP contribution in [0, 0.1) is 0 Å². The Kier molecular flexibility index (Phi) is 2.70. The number of hydrogen-bond acceptors (Lipinski definition) is 2. The van der Waals surface area contributed by atoms with Crippen molar-refractivity contribution in [3.63, 3.8) is 0 Å². The van der Waals surface area contributed by atoms with Crippen LogP contribution in [-0.4, -0.2) is 0 Å². The molecule has 0 amide bonds. The minimum atomic E-state index is -1.63. The molecule has 2 aromatic carbocycles. The zero-order valence-electron chi connectivity index (χ0n) is 8.48. The van der Waals surface area contributed by atoms with Gasteiger partial charge in [0.25, 0.3) is 0 Å². The van der Waals surface area contributed by atoms with E-state index in [0.29, 0.717) is 26.4 Å². The standard InChI is InChI=1S/C12H6BrClO2P/c13-7-1-4-11-10(5-7)16-9-3-2-8(14)6-12(9)17(11)15/h1-6H/q+1. The van der Waals surface area contributed by atoms with E-state index in [9.17, 15) is 4.57 Å². The summed E-state index contributed by atoms with van der Waals surface area (Å²) in [5, 5.41) is 1.93. The lowest BCUT2D eigenvalue weighted by molar-refractivity contribution is 0.600. The summed E-state index contributed by atoms with van der Waals surface area (Å²) in [6.45, 7) is 0. The number of benzene rings is 2. The van der Waals surface area contributed by atoms with Gasteiger partial charge < -0.3 is 4.42 Å². The van der Waals surface area contributed by atoms with Gasteiger partial charge in [0, 0.05) is 15.6 Å². The van der Waals surface area contributed by atoms with Crippen LogP contribution in [0.25, 0.3) is 21.4 Å². The van der Waals surface area contributed by atoms with E-state index in [-0.39, 0.29) is 0 Å². The summed E-state index contributed by atoms with van der Waals surface area (Å²) in [6, 6.07) is 10.6. The van der Waals surface area contributed by atoms with Gasteiger partial charge in [0.1, 0.15) is 0 Å². The first-order chi connectivity index (χ1) is 8.15. The largest absolute Gasteiger partial charge is 0.448 e. The Morgan fingerprint density at radius 2 is 1.88 bits per heavy atom. The molecular formula is C12H6BrClO2P+. The Balaban J connectivity index is 2.57. The van der Waals surface area contributed by atoms with Crippen LogP contribution in [0.1, 0.15) is 0 Å². The molecule has 3 rings (SSSR count). The first kappa shape index (κ1) is 11.2. The summed E-state index contributed by atoms with van der Waals surface area (Å²) in [5.41, 5.74) is 1.25. The van der Waals surface area contributed by atoms with E-state index < -0.39 is 7.41 Å². The topological polar surface area (TPSA) is 30.2 Å². The SMILES string of the molecule is O=[p+]1c2ccc(Br)cc2oc2ccc(Cl)cc21. The van der Waals surface area contributed by atoms with Gasteiger partial charge in [-0.1, -0.05) is 32.1 Å². The molecule has 3 aromatic rings. The average molecular weight is 329 g/mol. The summed E-state index contributed by atoms with van der Waals surface area (Å²) in [5.74, 6) is 0. The van der Waals surface area contributed by atoms with Gasteiger partial charge in [-0.2, -0.15) is 0 Å². The normalized spacial score (nSPS) is 12.2. The fraction of sp³-hybridized carbons (Fsp3) is 0. The van der Waals surface area contributed by atoms with Gasteiger partial charge in [-0.3, -0.25) is 0 Å². The molecule has 0 saturated heterocycles. The third-order valence-corrected chi connectivity index (χ3v) is 4.82. The highest BCUT2D eigenvalue weighted by Crippen LogP contribution is 2.38. The molecule has 0 bridgehead atoms. The Hall–Kier alpha value is -0.890. The maximum absolute atomic E-state index is 12.4. The summed E-state index contributed by atoms with van der Waals surface area (Å²) < 4.78 is 19.0. The van der Waals surface area contributed by atoms with Crippen molar-refractivity contribution in [3.8, 4) is 0 Å². The third kappa shape index (κ3) is 1.89. The van der Waals surface area contributed by atoms with Gasteiger partial charge in [-0.15, -0.1) is 0 Å². The minimum Gasteiger partial charge on any atom is -0.448 e. The van der Waals surface area contributed by atoms with Crippen molar-refractivity contribution >= 4 is 56.3 Å². The maximum Gasteiger partial charge on any atom is 0.423 e. The second kappa shape index (κ2) is 4.09. The lowest BCUT2D eigenvalue weighted by Gasteiger charge is -1.95. The average Bonchev–Trinajstić information content (AvgIpc) is 2.30. The third-order valence-electron chi connectivity index (χ3n) is 2.50. The highest BCUT2D eigenvalue weighted by Gasteiger charge is 2.18. The molecule has 1 unspecified atom stereocenters. The first-order valence-corrected chi connectivity index (χ1v) is 7.32. The second-order valence-electron chi connectivity index (χ2n) is 3.62. The molecule has 0 radical (unpaired) electrons. The van der Waals surface area contributed by atoms with Crippen molar-refractivity contribution in [2.24, 2.45) is 0 Å². The monoisotopic (exact) mass is 327 g/mol. The van der Waals surface area contributed by atoms with Crippen molar-refractivity contribution in [1.29, 1.82) is 0 Å². The molecule has 1 atom stereocenters. The van der Waals surface area contributed by atoms with E-state index in [4.69, 9.17) is 16.0 Å². The van der Waals surface area contributed by atoms with Gasteiger partial charge in [-0.05, 0) is 30.3 Å². The molecule has 1 aromatic heterocycles. The van der Waals surface area contributed by atoms with Gasteiger partial charge in [0.2, 0.25) is 10.2 Å². The van der Waals surface area contributed by atoms with Crippen molar-refractivity contribution in [3.05, 3.63) is 45.9 Å². The molecule has 1 heterocycles. The van der Waals surface area contributed by atoms with Crippen LogP contribution in [0.2, 0.25) is 5.02 Å². The zero-order valence-corrected chi connectivity index (χ0v) is 11.7. The van der Waals surface area contributed by atoms with Crippen molar-refractivity contribution in [2.75, 3.05) is 0 Å². The summed E-state index contributed by atoms with van der Waals surface area (Å²) >= 11 is 9.27. The molecule has 0 N–H and O–H groups in total. The van der Waals surface area contributed by atoms with E-state index in [2.05, 4.69) is 15.9 Å². The molecule has 0 aliphatic heterocycles. The molecule has 84 valence electrons. The lowest BCUT2D eigenvalue weighted by atomic mass is 10.3. The van der Waals surface area contributed by atoms with Crippen molar-refractivity contribution in [1.82, 2.24) is 0 Å².